The number of nitrogens with one attached hydrogen (secondary N) is 1. The van der Waals surface area contributed by atoms with E-state index in [2.05, 4.69) is 47.8 Å². The Morgan fingerprint density at radius 2 is 1.80 bits per heavy atom. The number of hydrogen-bond acceptors (Lipinski definition) is 1. The highest BCUT2D eigenvalue weighted by molar-refractivity contribution is 6.30. The van der Waals surface area contributed by atoms with Gasteiger partial charge in [-0.15, -0.1) is 0 Å². The minimum atomic E-state index is 0.583. The lowest BCUT2D eigenvalue weighted by molar-refractivity contribution is 0.523. The summed E-state index contributed by atoms with van der Waals surface area (Å²) in [5, 5.41) is 4.53. The zero-order chi connectivity index (χ0) is 13.8. The molecule has 0 saturated heterocycles. The van der Waals surface area contributed by atoms with E-state index in [1.54, 1.807) is 0 Å². The van der Waals surface area contributed by atoms with Crippen LogP contribution in [0.4, 0.5) is 0 Å². The molecule has 0 saturated carbocycles. The summed E-state index contributed by atoms with van der Waals surface area (Å²) in [4.78, 5) is 0. The summed E-state index contributed by atoms with van der Waals surface area (Å²) in [6, 6.07) is 17.6. The van der Waals surface area contributed by atoms with Crippen molar-refractivity contribution in [3.63, 3.8) is 0 Å². The first-order valence-electron chi connectivity index (χ1n) is 7.36. The summed E-state index contributed by atoms with van der Waals surface area (Å²) >= 11 is 6.05. The fourth-order valence-corrected chi connectivity index (χ4v) is 3.17. The fraction of sp³-hybridized carbons (Fsp3) is 0.333. The highest BCUT2D eigenvalue weighted by atomic mass is 35.5. The Morgan fingerprint density at radius 3 is 2.65 bits per heavy atom. The first kappa shape index (κ1) is 13.7. The number of rotatable bonds is 5. The van der Waals surface area contributed by atoms with Crippen molar-refractivity contribution in [3.8, 4) is 0 Å². The Balaban J connectivity index is 1.43. The van der Waals surface area contributed by atoms with Gasteiger partial charge in [-0.3, -0.25) is 0 Å². The molecule has 1 N–H and O–H groups in total. The molecule has 0 radical (unpaired) electrons. The van der Waals surface area contributed by atoms with E-state index >= 15 is 0 Å². The van der Waals surface area contributed by atoms with Crippen LogP contribution in [0, 0.1) is 0 Å². The zero-order valence-corrected chi connectivity index (χ0v) is 12.4. The maximum atomic E-state index is 6.05. The van der Waals surface area contributed by atoms with Gasteiger partial charge in [0.1, 0.15) is 0 Å². The van der Waals surface area contributed by atoms with Crippen molar-refractivity contribution in [3.05, 3.63) is 70.2 Å². The molecule has 0 bridgehead atoms. The van der Waals surface area contributed by atoms with E-state index in [9.17, 15) is 0 Å². The molecule has 104 valence electrons. The van der Waals surface area contributed by atoms with Crippen molar-refractivity contribution in [2.75, 3.05) is 6.54 Å². The Hall–Kier alpha value is -1.31. The van der Waals surface area contributed by atoms with E-state index in [1.165, 1.54) is 23.1 Å². The quantitative estimate of drug-likeness (QED) is 0.818. The van der Waals surface area contributed by atoms with Crippen molar-refractivity contribution in [2.45, 2.75) is 31.7 Å². The van der Waals surface area contributed by atoms with Crippen LogP contribution in [0.5, 0.6) is 0 Å². The molecule has 2 aromatic rings. The fourth-order valence-electron chi connectivity index (χ4n) is 2.97. The van der Waals surface area contributed by atoms with Crippen molar-refractivity contribution >= 4 is 11.6 Å². The summed E-state index contributed by atoms with van der Waals surface area (Å²) in [5.74, 6) is 0. The normalized spacial score (nSPS) is 17.1. The van der Waals surface area contributed by atoms with Gasteiger partial charge in [-0.2, -0.15) is 0 Å². The Labute approximate surface area is 126 Å². The molecule has 0 spiro atoms. The Kier molecular flexibility index (Phi) is 4.39. The highest BCUT2D eigenvalue weighted by Gasteiger charge is 2.20. The second kappa shape index (κ2) is 6.43. The van der Waals surface area contributed by atoms with Gasteiger partial charge < -0.3 is 5.32 Å². The predicted molar refractivity (Wildman–Crippen MR) is 85.4 cm³/mol. The van der Waals surface area contributed by atoms with Gasteiger partial charge in [0, 0.05) is 11.1 Å². The van der Waals surface area contributed by atoms with Crippen molar-refractivity contribution < 1.29 is 0 Å². The monoisotopic (exact) mass is 285 g/mol. The van der Waals surface area contributed by atoms with Crippen LogP contribution in [0.3, 0.4) is 0 Å². The van der Waals surface area contributed by atoms with Crippen molar-refractivity contribution in [1.29, 1.82) is 0 Å². The molecule has 1 aliphatic rings. The lowest BCUT2D eigenvalue weighted by Crippen LogP contribution is -2.30. The molecule has 2 aromatic carbocycles. The van der Waals surface area contributed by atoms with Crippen LogP contribution in [0.1, 0.15) is 23.1 Å². The molecule has 1 nitrogen and oxygen atoms in total. The largest absolute Gasteiger partial charge is 0.313 e. The Bertz CT molecular complexity index is 565. The maximum absolute atomic E-state index is 6.05. The van der Waals surface area contributed by atoms with E-state index in [-0.39, 0.29) is 0 Å². The molecule has 1 atom stereocenters. The van der Waals surface area contributed by atoms with Crippen LogP contribution in [-0.2, 0) is 19.3 Å². The van der Waals surface area contributed by atoms with Crippen LogP contribution < -0.4 is 5.32 Å². The van der Waals surface area contributed by atoms with Gasteiger partial charge >= 0.3 is 0 Å². The van der Waals surface area contributed by atoms with Crippen LogP contribution >= 0.6 is 11.6 Å². The summed E-state index contributed by atoms with van der Waals surface area (Å²) in [5.41, 5.74) is 4.30. The third kappa shape index (κ3) is 3.41. The molecule has 20 heavy (non-hydrogen) atoms. The smallest absolute Gasteiger partial charge is 0.0408 e. The Morgan fingerprint density at radius 1 is 1.00 bits per heavy atom. The molecule has 0 aliphatic heterocycles. The minimum absolute atomic E-state index is 0.583. The lowest BCUT2D eigenvalue weighted by Gasteiger charge is -2.11. The van der Waals surface area contributed by atoms with Gasteiger partial charge in [-0.25, -0.2) is 0 Å². The maximum Gasteiger partial charge on any atom is 0.0408 e. The minimum Gasteiger partial charge on any atom is -0.313 e. The summed E-state index contributed by atoms with van der Waals surface area (Å²) < 4.78 is 0. The third-order valence-corrected chi connectivity index (χ3v) is 4.25. The van der Waals surface area contributed by atoms with Crippen LogP contribution in [0.25, 0.3) is 0 Å². The number of halogens is 1. The van der Waals surface area contributed by atoms with E-state index < -0.39 is 0 Å². The van der Waals surface area contributed by atoms with Gasteiger partial charge in [0.05, 0.1) is 0 Å². The molecule has 3 rings (SSSR count). The van der Waals surface area contributed by atoms with Crippen molar-refractivity contribution in [2.24, 2.45) is 0 Å². The second-order valence-electron chi connectivity index (χ2n) is 5.56. The molecule has 1 aliphatic carbocycles. The first-order chi connectivity index (χ1) is 9.81. The summed E-state index contributed by atoms with van der Waals surface area (Å²) in [7, 11) is 0. The van der Waals surface area contributed by atoms with E-state index in [4.69, 9.17) is 11.6 Å². The van der Waals surface area contributed by atoms with Gasteiger partial charge in [-0.1, -0.05) is 48.0 Å². The molecule has 1 unspecified atom stereocenters. The molecule has 0 amide bonds. The zero-order valence-electron chi connectivity index (χ0n) is 11.6. The van der Waals surface area contributed by atoms with Crippen molar-refractivity contribution in [1.82, 2.24) is 5.32 Å². The molecular weight excluding hydrogens is 266 g/mol. The standard InChI is InChI=1S/C18H20ClN/c19-17-9-8-15-12-18(13-16(15)11-17)20-10-4-7-14-5-2-1-3-6-14/h1-3,5-6,8-9,11,18,20H,4,7,10,12-13H2. The molecule has 2 heteroatoms. The average Bonchev–Trinajstić information content (AvgIpc) is 2.86. The SMILES string of the molecule is Clc1ccc2c(c1)CC(NCCCc1ccccc1)C2. The first-order valence-corrected chi connectivity index (χ1v) is 7.74. The summed E-state index contributed by atoms with van der Waals surface area (Å²) in [6.07, 6.45) is 4.59. The molecular formula is C18H20ClN. The van der Waals surface area contributed by atoms with Crippen LogP contribution in [0.2, 0.25) is 5.02 Å². The average molecular weight is 286 g/mol. The number of hydrogen-bond donors (Lipinski definition) is 1. The topological polar surface area (TPSA) is 12.0 Å². The third-order valence-electron chi connectivity index (χ3n) is 4.02. The molecule has 0 heterocycles. The van der Waals surface area contributed by atoms with E-state index in [1.807, 2.05) is 6.07 Å². The van der Waals surface area contributed by atoms with E-state index in [0.29, 0.717) is 6.04 Å². The van der Waals surface area contributed by atoms with Gasteiger partial charge in [-0.05, 0) is 61.1 Å². The van der Waals surface area contributed by atoms with Gasteiger partial charge in [0.15, 0.2) is 0 Å². The lowest BCUT2D eigenvalue weighted by atomic mass is 10.1. The number of benzene rings is 2. The number of aryl methyl sites for hydroxylation is 1. The van der Waals surface area contributed by atoms with Gasteiger partial charge in [0.2, 0.25) is 0 Å². The predicted octanol–water partition coefficient (Wildman–Crippen LogP) is 4.03. The van der Waals surface area contributed by atoms with Gasteiger partial charge in [0.25, 0.3) is 0 Å². The van der Waals surface area contributed by atoms with Crippen LogP contribution in [-0.4, -0.2) is 12.6 Å². The van der Waals surface area contributed by atoms with E-state index in [0.717, 1.165) is 30.8 Å². The molecule has 0 aromatic heterocycles. The molecule has 0 fully saturated rings. The number of fused-ring (bicyclic) bond motifs is 1. The van der Waals surface area contributed by atoms with Crippen LogP contribution in [0.15, 0.2) is 48.5 Å². The summed E-state index contributed by atoms with van der Waals surface area (Å²) in [6.45, 7) is 1.08. The second-order valence-corrected chi connectivity index (χ2v) is 6.00. The highest BCUT2D eigenvalue weighted by Crippen LogP contribution is 2.25.